The van der Waals surface area contributed by atoms with Gasteiger partial charge in [-0.1, -0.05) is 41.6 Å². The molecule has 0 aliphatic rings. The Morgan fingerprint density at radius 3 is 2.22 bits per heavy atom. The first kappa shape index (κ1) is 28.9. The van der Waals surface area contributed by atoms with Crippen LogP contribution in [0, 0.1) is 24.4 Å². The van der Waals surface area contributed by atoms with Crippen molar-refractivity contribution in [3.8, 4) is 11.3 Å². The highest BCUT2D eigenvalue weighted by Gasteiger charge is 2.25. The molecule has 1 aromatic heterocycles. The second-order valence-electron chi connectivity index (χ2n) is 9.01. The second-order valence-corrected chi connectivity index (χ2v) is 9.01. The van der Waals surface area contributed by atoms with Crippen LogP contribution < -0.4 is 10.6 Å². The van der Waals surface area contributed by atoms with E-state index in [9.17, 15) is 32.7 Å². The Bertz CT molecular complexity index is 1570. The Hall–Kier alpha value is -5.13. The predicted molar refractivity (Wildman–Crippen MR) is 141 cm³/mol. The lowest BCUT2D eigenvalue weighted by Crippen LogP contribution is -2.42. The summed E-state index contributed by atoms with van der Waals surface area (Å²) in [5, 5.41) is 18.2. The third-order valence-corrected chi connectivity index (χ3v) is 6.20. The van der Waals surface area contributed by atoms with Crippen molar-refractivity contribution in [2.75, 3.05) is 5.32 Å². The van der Waals surface area contributed by atoms with Crippen LogP contribution in [0.15, 0.2) is 71.3 Å². The molecule has 0 spiro atoms. The number of nitrogens with one attached hydrogen (secondary N) is 2. The summed E-state index contributed by atoms with van der Waals surface area (Å²) in [5.74, 6) is -4.49. The van der Waals surface area contributed by atoms with Gasteiger partial charge < -0.3 is 19.7 Å². The predicted octanol–water partition coefficient (Wildman–Crippen LogP) is 5.80. The number of carbonyl (C=O) groups excluding carboxylic acids is 2. The molecular formula is C29H24F3N3O6. The maximum atomic E-state index is 14.0. The normalized spacial score (nSPS) is 12.3. The molecule has 0 bridgehead atoms. The monoisotopic (exact) mass is 567 g/mol. The fraction of sp³-hybridized carbons (Fsp3) is 0.172. The molecule has 2 atom stereocenters. The fourth-order valence-electron chi connectivity index (χ4n) is 4.02. The van der Waals surface area contributed by atoms with E-state index in [4.69, 9.17) is 9.26 Å². The van der Waals surface area contributed by atoms with Gasteiger partial charge in [-0.15, -0.1) is 0 Å². The molecule has 0 aliphatic heterocycles. The fourth-order valence-corrected chi connectivity index (χ4v) is 4.02. The van der Waals surface area contributed by atoms with Crippen LogP contribution in [0.25, 0.3) is 11.3 Å². The van der Waals surface area contributed by atoms with Crippen molar-refractivity contribution in [3.63, 3.8) is 0 Å². The number of rotatable bonds is 9. The molecule has 12 heteroatoms. The molecule has 3 N–H and O–H groups in total. The zero-order valence-electron chi connectivity index (χ0n) is 21.8. The van der Waals surface area contributed by atoms with E-state index in [0.717, 1.165) is 18.2 Å². The van der Waals surface area contributed by atoms with E-state index in [1.54, 1.807) is 13.0 Å². The van der Waals surface area contributed by atoms with Gasteiger partial charge in [0, 0.05) is 28.7 Å². The molecule has 0 saturated heterocycles. The van der Waals surface area contributed by atoms with Crippen LogP contribution >= 0.6 is 0 Å². The average molecular weight is 568 g/mol. The summed E-state index contributed by atoms with van der Waals surface area (Å²) >= 11 is 0. The van der Waals surface area contributed by atoms with Crippen LogP contribution in [0.2, 0.25) is 0 Å². The zero-order valence-corrected chi connectivity index (χ0v) is 21.8. The van der Waals surface area contributed by atoms with Gasteiger partial charge in [-0.2, -0.15) is 0 Å². The van der Waals surface area contributed by atoms with Gasteiger partial charge in [0.05, 0.1) is 0 Å². The van der Waals surface area contributed by atoms with E-state index in [1.165, 1.54) is 49.4 Å². The lowest BCUT2D eigenvalue weighted by atomic mass is 10.0. The molecule has 0 fully saturated rings. The number of carboxylic acid groups (broad SMARTS) is 1. The van der Waals surface area contributed by atoms with Crippen molar-refractivity contribution in [3.05, 3.63) is 107 Å². The number of aromatic nitrogens is 1. The minimum absolute atomic E-state index is 0.0536. The lowest BCUT2D eigenvalue weighted by Gasteiger charge is -2.16. The number of carboxylic acids is 1. The first-order valence-corrected chi connectivity index (χ1v) is 12.3. The molecule has 41 heavy (non-hydrogen) atoms. The van der Waals surface area contributed by atoms with Crippen LogP contribution in [0.4, 0.5) is 23.7 Å². The lowest BCUT2D eigenvalue weighted by molar-refractivity contribution is -0.139. The first-order valence-electron chi connectivity index (χ1n) is 12.3. The molecule has 0 radical (unpaired) electrons. The van der Waals surface area contributed by atoms with Crippen LogP contribution in [-0.4, -0.2) is 34.3 Å². The third-order valence-electron chi connectivity index (χ3n) is 6.20. The Kier molecular flexibility index (Phi) is 8.71. The quantitative estimate of drug-likeness (QED) is 0.233. The van der Waals surface area contributed by atoms with E-state index in [2.05, 4.69) is 15.8 Å². The molecule has 2 amide bonds. The Balaban J connectivity index is 1.45. The van der Waals surface area contributed by atoms with E-state index in [1.807, 2.05) is 0 Å². The molecule has 212 valence electrons. The van der Waals surface area contributed by atoms with Gasteiger partial charge in [-0.25, -0.2) is 22.8 Å². The summed E-state index contributed by atoms with van der Waals surface area (Å²) in [4.78, 5) is 37.0. The molecule has 3 aromatic carbocycles. The van der Waals surface area contributed by atoms with Crippen LogP contribution in [-0.2, 0) is 16.0 Å². The maximum Gasteiger partial charge on any atom is 0.412 e. The van der Waals surface area contributed by atoms with Gasteiger partial charge in [0.1, 0.15) is 41.0 Å². The third kappa shape index (κ3) is 6.72. The SMILES string of the molecule is Cc1noc(-c2ccc(C(=O)NC(Cc3c(F)cccc3F)C(=O)O)cc2)c1NC(=O)OC(C)c1ccccc1F. The van der Waals surface area contributed by atoms with Crippen molar-refractivity contribution in [1.29, 1.82) is 0 Å². The van der Waals surface area contributed by atoms with E-state index < -0.39 is 59.6 Å². The molecular weight excluding hydrogens is 543 g/mol. The van der Waals surface area contributed by atoms with Crippen molar-refractivity contribution in [2.45, 2.75) is 32.4 Å². The Morgan fingerprint density at radius 1 is 0.951 bits per heavy atom. The number of hydrogen-bond acceptors (Lipinski definition) is 6. The number of carbonyl (C=O) groups is 3. The second kappa shape index (κ2) is 12.4. The minimum Gasteiger partial charge on any atom is -0.480 e. The van der Waals surface area contributed by atoms with Gasteiger partial charge in [0.25, 0.3) is 5.91 Å². The number of benzene rings is 3. The van der Waals surface area contributed by atoms with Crippen molar-refractivity contribution >= 4 is 23.7 Å². The van der Waals surface area contributed by atoms with Crippen LogP contribution in [0.1, 0.15) is 40.2 Å². The smallest absolute Gasteiger partial charge is 0.412 e. The summed E-state index contributed by atoms with van der Waals surface area (Å²) < 4.78 is 52.7. The van der Waals surface area contributed by atoms with Gasteiger partial charge in [0.2, 0.25) is 0 Å². The number of amides is 2. The molecule has 2 unspecified atom stereocenters. The molecule has 1 heterocycles. The summed E-state index contributed by atoms with van der Waals surface area (Å²) in [7, 11) is 0. The topological polar surface area (TPSA) is 131 Å². The largest absolute Gasteiger partial charge is 0.480 e. The molecule has 0 saturated carbocycles. The van der Waals surface area contributed by atoms with E-state index >= 15 is 0 Å². The van der Waals surface area contributed by atoms with E-state index in [0.29, 0.717) is 11.3 Å². The summed E-state index contributed by atoms with van der Waals surface area (Å²) in [5.41, 5.74) is 0.703. The van der Waals surface area contributed by atoms with Gasteiger partial charge in [-0.3, -0.25) is 10.1 Å². The van der Waals surface area contributed by atoms with Crippen molar-refractivity contribution < 1.29 is 41.9 Å². The first-order chi connectivity index (χ1) is 19.5. The van der Waals surface area contributed by atoms with E-state index in [-0.39, 0.29) is 22.6 Å². The molecule has 4 rings (SSSR count). The van der Waals surface area contributed by atoms with Crippen molar-refractivity contribution in [1.82, 2.24) is 10.5 Å². The standard InChI is InChI=1S/C29H24F3N3O6/c1-15-25(34-29(39)40-16(2)19-6-3-4-7-21(19)30)26(41-35-15)17-10-12-18(13-11-17)27(36)33-24(28(37)38)14-20-22(31)8-5-9-23(20)32/h3-13,16,24H,14H2,1-2H3,(H,33,36)(H,34,39)(H,37,38). The van der Waals surface area contributed by atoms with Crippen LogP contribution in [0.5, 0.6) is 0 Å². The van der Waals surface area contributed by atoms with Crippen LogP contribution in [0.3, 0.4) is 0 Å². The molecule has 4 aromatic rings. The molecule has 0 aliphatic carbocycles. The number of ether oxygens (including phenoxy) is 1. The maximum absolute atomic E-state index is 14.0. The highest BCUT2D eigenvalue weighted by atomic mass is 19.1. The highest BCUT2D eigenvalue weighted by molar-refractivity contribution is 5.97. The number of aliphatic carboxylic acids is 1. The van der Waals surface area contributed by atoms with Gasteiger partial charge >= 0.3 is 12.1 Å². The number of hydrogen-bond donors (Lipinski definition) is 3. The highest BCUT2D eigenvalue weighted by Crippen LogP contribution is 2.32. The number of halogens is 3. The number of anilines is 1. The Labute approximate surface area is 231 Å². The minimum atomic E-state index is -1.60. The van der Waals surface area contributed by atoms with Gasteiger partial charge in [0.15, 0.2) is 5.76 Å². The summed E-state index contributed by atoms with van der Waals surface area (Å²) in [6.45, 7) is 3.10. The molecule has 9 nitrogen and oxygen atoms in total. The summed E-state index contributed by atoms with van der Waals surface area (Å²) in [6, 6.07) is 13.1. The van der Waals surface area contributed by atoms with Gasteiger partial charge in [-0.05, 0) is 44.2 Å². The Morgan fingerprint density at radius 2 is 1.59 bits per heavy atom. The average Bonchev–Trinajstić information content (AvgIpc) is 3.29. The van der Waals surface area contributed by atoms with Crippen molar-refractivity contribution in [2.24, 2.45) is 0 Å². The zero-order chi connectivity index (χ0) is 29.7. The number of nitrogens with zero attached hydrogens (tertiary/aromatic N) is 1. The summed E-state index contributed by atoms with van der Waals surface area (Å²) in [6.07, 6.45) is -2.37. The number of aryl methyl sites for hydroxylation is 1.